The number of nitrogens with zero attached hydrogens (tertiary/aromatic N) is 2. The highest BCUT2D eigenvalue weighted by Gasteiger charge is 2.51. The zero-order chi connectivity index (χ0) is 11.6. The summed E-state index contributed by atoms with van der Waals surface area (Å²) >= 11 is 0. The summed E-state index contributed by atoms with van der Waals surface area (Å²) in [5, 5.41) is 20.1. The Kier molecular flexibility index (Phi) is 3.51. The molecule has 2 rings (SSSR count). The first-order chi connectivity index (χ1) is 7.72. The van der Waals surface area contributed by atoms with Crippen LogP contribution in [0.2, 0.25) is 0 Å². The fraction of sp³-hybridized carbons (Fsp3) is 0.923. The number of hydrogen-bond acceptors (Lipinski definition) is 3. The van der Waals surface area contributed by atoms with E-state index in [1.54, 1.807) is 0 Å². The van der Waals surface area contributed by atoms with Gasteiger partial charge in [0, 0.05) is 12.6 Å². The van der Waals surface area contributed by atoms with E-state index in [0.717, 1.165) is 38.8 Å². The maximum atomic E-state index is 10.8. The third-order valence-corrected chi connectivity index (χ3v) is 4.33. The first-order valence-electron chi connectivity index (χ1n) is 6.58. The average Bonchev–Trinajstić information content (AvgIpc) is 2.66. The van der Waals surface area contributed by atoms with Crippen molar-refractivity contribution in [3.05, 3.63) is 0 Å². The third kappa shape index (κ3) is 1.85. The standard InChI is InChI=1S/C13H22N2O/c1-2-5-11(10-14)13(16)7-9-15-8-4-3-6-12(13)15/h11-12,16H,2-9H2,1H3. The Morgan fingerprint density at radius 1 is 1.50 bits per heavy atom. The van der Waals surface area contributed by atoms with Crippen molar-refractivity contribution in [3.63, 3.8) is 0 Å². The smallest absolute Gasteiger partial charge is 0.0971 e. The zero-order valence-electron chi connectivity index (χ0n) is 10.2. The Labute approximate surface area is 98.1 Å². The van der Waals surface area contributed by atoms with Crippen LogP contribution in [-0.4, -0.2) is 34.7 Å². The molecule has 90 valence electrons. The lowest BCUT2D eigenvalue weighted by molar-refractivity contribution is -0.0419. The van der Waals surface area contributed by atoms with Gasteiger partial charge in [0.2, 0.25) is 0 Å². The van der Waals surface area contributed by atoms with Crippen LogP contribution in [0.4, 0.5) is 0 Å². The minimum atomic E-state index is -0.731. The van der Waals surface area contributed by atoms with Gasteiger partial charge in [0.05, 0.1) is 17.6 Å². The highest BCUT2D eigenvalue weighted by Crippen LogP contribution is 2.41. The molecular formula is C13H22N2O. The molecule has 3 nitrogen and oxygen atoms in total. The fourth-order valence-electron chi connectivity index (χ4n) is 3.44. The molecule has 3 unspecified atom stereocenters. The highest BCUT2D eigenvalue weighted by molar-refractivity contribution is 5.10. The van der Waals surface area contributed by atoms with Crippen LogP contribution in [0, 0.1) is 17.2 Å². The van der Waals surface area contributed by atoms with E-state index in [-0.39, 0.29) is 12.0 Å². The van der Waals surface area contributed by atoms with Gasteiger partial charge in [-0.25, -0.2) is 0 Å². The van der Waals surface area contributed by atoms with E-state index in [0.29, 0.717) is 0 Å². The van der Waals surface area contributed by atoms with Crippen molar-refractivity contribution in [1.82, 2.24) is 4.90 Å². The van der Waals surface area contributed by atoms with E-state index in [9.17, 15) is 10.4 Å². The second-order valence-electron chi connectivity index (χ2n) is 5.26. The summed E-state index contributed by atoms with van der Waals surface area (Å²) in [6, 6.07) is 2.59. The predicted molar refractivity (Wildman–Crippen MR) is 62.8 cm³/mol. The molecule has 0 amide bonds. The van der Waals surface area contributed by atoms with E-state index >= 15 is 0 Å². The summed E-state index contributed by atoms with van der Waals surface area (Å²) in [5.41, 5.74) is -0.731. The predicted octanol–water partition coefficient (Wildman–Crippen LogP) is 1.92. The van der Waals surface area contributed by atoms with Gasteiger partial charge in [-0.3, -0.25) is 4.90 Å². The lowest BCUT2D eigenvalue weighted by Gasteiger charge is -2.39. The van der Waals surface area contributed by atoms with Crippen LogP contribution >= 0.6 is 0 Å². The molecule has 3 atom stereocenters. The number of piperidine rings is 1. The first-order valence-corrected chi connectivity index (χ1v) is 6.58. The van der Waals surface area contributed by atoms with Crippen LogP contribution in [0.5, 0.6) is 0 Å². The van der Waals surface area contributed by atoms with Crippen molar-refractivity contribution in [1.29, 1.82) is 5.26 Å². The molecular weight excluding hydrogens is 200 g/mol. The molecule has 0 aliphatic carbocycles. The minimum absolute atomic E-state index is 0.175. The van der Waals surface area contributed by atoms with Gasteiger partial charge in [-0.05, 0) is 32.2 Å². The summed E-state index contributed by atoms with van der Waals surface area (Å²) < 4.78 is 0. The summed E-state index contributed by atoms with van der Waals surface area (Å²) in [7, 11) is 0. The van der Waals surface area contributed by atoms with Gasteiger partial charge < -0.3 is 5.11 Å². The van der Waals surface area contributed by atoms with E-state index < -0.39 is 5.60 Å². The van der Waals surface area contributed by atoms with Gasteiger partial charge >= 0.3 is 0 Å². The molecule has 2 fully saturated rings. The molecule has 0 saturated carbocycles. The molecule has 0 aromatic rings. The Morgan fingerprint density at radius 3 is 3.00 bits per heavy atom. The van der Waals surface area contributed by atoms with Crippen molar-refractivity contribution >= 4 is 0 Å². The molecule has 0 aromatic carbocycles. The Balaban J connectivity index is 2.14. The summed E-state index contributed by atoms with van der Waals surface area (Å²) in [6.45, 7) is 4.17. The van der Waals surface area contributed by atoms with Crippen LogP contribution in [-0.2, 0) is 0 Å². The number of rotatable bonds is 3. The van der Waals surface area contributed by atoms with Gasteiger partial charge in [0.15, 0.2) is 0 Å². The minimum Gasteiger partial charge on any atom is -0.387 e. The van der Waals surface area contributed by atoms with E-state index in [4.69, 9.17) is 0 Å². The number of hydrogen-bond donors (Lipinski definition) is 1. The lowest BCUT2D eigenvalue weighted by atomic mass is 9.77. The molecule has 0 bridgehead atoms. The quantitative estimate of drug-likeness (QED) is 0.793. The maximum absolute atomic E-state index is 10.8. The number of aliphatic hydroxyl groups is 1. The van der Waals surface area contributed by atoms with Crippen molar-refractivity contribution in [2.75, 3.05) is 13.1 Å². The van der Waals surface area contributed by atoms with Gasteiger partial charge in [-0.15, -0.1) is 0 Å². The Bertz CT molecular complexity index is 286. The second kappa shape index (κ2) is 4.73. The molecule has 1 N–H and O–H groups in total. The second-order valence-corrected chi connectivity index (χ2v) is 5.26. The van der Waals surface area contributed by atoms with Gasteiger partial charge in [0.1, 0.15) is 0 Å². The fourth-order valence-corrected chi connectivity index (χ4v) is 3.44. The van der Waals surface area contributed by atoms with Crippen LogP contribution < -0.4 is 0 Å². The summed E-state index contributed by atoms with van der Waals surface area (Å²) in [5.74, 6) is -0.175. The van der Waals surface area contributed by atoms with Crippen LogP contribution in [0.3, 0.4) is 0 Å². The van der Waals surface area contributed by atoms with Gasteiger partial charge in [-0.1, -0.05) is 19.8 Å². The van der Waals surface area contributed by atoms with Crippen LogP contribution in [0.25, 0.3) is 0 Å². The van der Waals surface area contributed by atoms with E-state index in [1.807, 2.05) is 0 Å². The van der Waals surface area contributed by atoms with Crippen molar-refractivity contribution in [3.8, 4) is 6.07 Å². The molecule has 0 spiro atoms. The average molecular weight is 222 g/mol. The monoisotopic (exact) mass is 222 g/mol. The van der Waals surface area contributed by atoms with Crippen LogP contribution in [0.1, 0.15) is 45.4 Å². The summed E-state index contributed by atoms with van der Waals surface area (Å²) in [4.78, 5) is 2.39. The van der Waals surface area contributed by atoms with E-state index in [2.05, 4.69) is 17.9 Å². The molecule has 2 saturated heterocycles. The Morgan fingerprint density at radius 2 is 2.31 bits per heavy atom. The molecule has 16 heavy (non-hydrogen) atoms. The SMILES string of the molecule is CCCC(C#N)C1(O)CCN2CCCCC21. The van der Waals surface area contributed by atoms with Crippen molar-refractivity contribution in [2.45, 2.75) is 57.1 Å². The molecule has 2 aliphatic heterocycles. The maximum Gasteiger partial charge on any atom is 0.0971 e. The van der Waals surface area contributed by atoms with Crippen molar-refractivity contribution < 1.29 is 5.11 Å². The number of fused-ring (bicyclic) bond motifs is 1. The highest BCUT2D eigenvalue weighted by atomic mass is 16.3. The largest absolute Gasteiger partial charge is 0.387 e. The molecule has 2 heterocycles. The van der Waals surface area contributed by atoms with Crippen molar-refractivity contribution in [2.24, 2.45) is 5.92 Å². The Hall–Kier alpha value is -0.590. The lowest BCUT2D eigenvalue weighted by Crippen LogP contribution is -2.51. The normalized spacial score (nSPS) is 36.7. The summed E-state index contributed by atoms with van der Waals surface area (Å²) in [6.07, 6.45) is 6.12. The zero-order valence-corrected chi connectivity index (χ0v) is 10.2. The topological polar surface area (TPSA) is 47.3 Å². The molecule has 0 aromatic heterocycles. The number of nitriles is 1. The third-order valence-electron chi connectivity index (χ3n) is 4.33. The van der Waals surface area contributed by atoms with Crippen LogP contribution in [0.15, 0.2) is 0 Å². The molecule has 2 aliphatic rings. The first kappa shape index (κ1) is 11.9. The molecule has 0 radical (unpaired) electrons. The molecule has 3 heteroatoms. The van der Waals surface area contributed by atoms with E-state index in [1.165, 1.54) is 12.8 Å². The van der Waals surface area contributed by atoms with Gasteiger partial charge in [-0.2, -0.15) is 5.26 Å². The van der Waals surface area contributed by atoms with Gasteiger partial charge in [0.25, 0.3) is 0 Å².